The molecule has 2 N–H and O–H groups in total. The molecule has 0 aliphatic carbocycles. The van der Waals surface area contributed by atoms with Crippen LogP contribution in [-0.2, 0) is 0 Å². The van der Waals surface area contributed by atoms with Crippen LogP contribution in [0.25, 0.3) is 0 Å². The van der Waals surface area contributed by atoms with Crippen LogP contribution in [0.5, 0.6) is 5.88 Å². The summed E-state index contributed by atoms with van der Waals surface area (Å²) in [6.45, 7) is 1.87. The predicted molar refractivity (Wildman–Crippen MR) is 48.4 cm³/mol. The van der Waals surface area contributed by atoms with Crippen LogP contribution in [0.1, 0.15) is 18.5 Å². The third-order valence-electron chi connectivity index (χ3n) is 1.54. The Hall–Kier alpha value is -0.800. The van der Waals surface area contributed by atoms with E-state index in [1.54, 1.807) is 13.2 Å². The first-order chi connectivity index (χ1) is 5.65. The molecule has 0 saturated carbocycles. The highest BCUT2D eigenvalue weighted by Crippen LogP contribution is 2.22. The topological polar surface area (TPSA) is 48.1 Å². The lowest BCUT2D eigenvalue weighted by atomic mass is 10.1. The van der Waals surface area contributed by atoms with Crippen molar-refractivity contribution in [2.24, 2.45) is 5.73 Å². The fourth-order valence-electron chi connectivity index (χ4n) is 0.939. The molecule has 1 atom stereocenters. The van der Waals surface area contributed by atoms with Gasteiger partial charge in [-0.3, -0.25) is 0 Å². The van der Waals surface area contributed by atoms with Gasteiger partial charge in [0.05, 0.1) is 7.11 Å². The Kier molecular flexibility index (Phi) is 2.89. The minimum Gasteiger partial charge on any atom is -0.481 e. The van der Waals surface area contributed by atoms with E-state index in [2.05, 4.69) is 4.98 Å². The molecule has 0 aliphatic rings. The Morgan fingerprint density at radius 1 is 1.58 bits per heavy atom. The summed E-state index contributed by atoms with van der Waals surface area (Å²) in [4.78, 5) is 3.98. The normalized spacial score (nSPS) is 12.7. The molecule has 0 bridgehead atoms. The van der Waals surface area contributed by atoms with Crippen molar-refractivity contribution < 1.29 is 4.74 Å². The average Bonchev–Trinajstić information content (AvgIpc) is 2.03. The lowest BCUT2D eigenvalue weighted by Crippen LogP contribution is -2.07. The van der Waals surface area contributed by atoms with Crippen molar-refractivity contribution in [1.82, 2.24) is 4.98 Å². The number of hydrogen-bond acceptors (Lipinski definition) is 3. The number of pyridine rings is 1. The van der Waals surface area contributed by atoms with Crippen molar-refractivity contribution in [3.05, 3.63) is 22.8 Å². The molecule has 1 rings (SSSR count). The molecule has 1 aromatic heterocycles. The Bertz CT molecular complexity index is 276. The molecule has 1 aromatic rings. The summed E-state index contributed by atoms with van der Waals surface area (Å²) in [7, 11) is 1.55. The first-order valence-electron chi connectivity index (χ1n) is 3.61. The number of aromatic nitrogens is 1. The summed E-state index contributed by atoms with van der Waals surface area (Å²) < 4.78 is 5.01. The second-order valence-corrected chi connectivity index (χ2v) is 2.91. The maximum atomic E-state index is 5.68. The fourth-order valence-corrected chi connectivity index (χ4v) is 1.08. The number of nitrogens with zero attached hydrogens (tertiary/aromatic N) is 1. The van der Waals surface area contributed by atoms with Crippen molar-refractivity contribution in [2.45, 2.75) is 13.0 Å². The maximum Gasteiger partial charge on any atom is 0.219 e. The zero-order valence-corrected chi connectivity index (χ0v) is 7.80. The van der Waals surface area contributed by atoms with E-state index in [0.717, 1.165) is 5.56 Å². The van der Waals surface area contributed by atoms with Crippen molar-refractivity contribution >= 4 is 11.6 Å². The summed E-state index contributed by atoms with van der Waals surface area (Å²) in [5, 5.41) is 0.413. The molecule has 66 valence electrons. The van der Waals surface area contributed by atoms with Crippen LogP contribution in [0.4, 0.5) is 0 Å². The Labute approximate surface area is 76.5 Å². The van der Waals surface area contributed by atoms with E-state index in [4.69, 9.17) is 22.1 Å². The quantitative estimate of drug-likeness (QED) is 0.717. The molecule has 0 saturated heterocycles. The van der Waals surface area contributed by atoms with Gasteiger partial charge in [-0.05, 0) is 19.1 Å². The van der Waals surface area contributed by atoms with E-state index in [1.165, 1.54) is 0 Å². The van der Waals surface area contributed by atoms with Crippen LogP contribution in [0, 0.1) is 0 Å². The lowest BCUT2D eigenvalue weighted by molar-refractivity contribution is 0.390. The summed E-state index contributed by atoms with van der Waals surface area (Å²) in [5.74, 6) is 0.498. The van der Waals surface area contributed by atoms with Gasteiger partial charge in [0, 0.05) is 11.6 Å². The Morgan fingerprint density at radius 3 is 2.75 bits per heavy atom. The van der Waals surface area contributed by atoms with Crippen LogP contribution in [0.15, 0.2) is 12.1 Å². The minimum atomic E-state index is -0.0929. The van der Waals surface area contributed by atoms with Crippen LogP contribution in [0.3, 0.4) is 0 Å². The second-order valence-electron chi connectivity index (χ2n) is 2.52. The van der Waals surface area contributed by atoms with Gasteiger partial charge in [0.1, 0.15) is 5.15 Å². The molecule has 0 aromatic carbocycles. The zero-order valence-electron chi connectivity index (χ0n) is 7.04. The average molecular weight is 187 g/mol. The van der Waals surface area contributed by atoms with Crippen molar-refractivity contribution in [3.63, 3.8) is 0 Å². The molecule has 0 radical (unpaired) electrons. The van der Waals surface area contributed by atoms with Crippen LogP contribution in [-0.4, -0.2) is 12.1 Å². The summed E-state index contributed by atoms with van der Waals surface area (Å²) in [6, 6.07) is 3.42. The van der Waals surface area contributed by atoms with Gasteiger partial charge in [-0.25, -0.2) is 4.98 Å². The van der Waals surface area contributed by atoms with Crippen molar-refractivity contribution in [3.8, 4) is 5.88 Å². The Balaban J connectivity index is 3.11. The molecule has 0 spiro atoms. The monoisotopic (exact) mass is 186 g/mol. The van der Waals surface area contributed by atoms with E-state index in [0.29, 0.717) is 11.0 Å². The minimum absolute atomic E-state index is 0.0929. The van der Waals surface area contributed by atoms with Gasteiger partial charge in [0.2, 0.25) is 5.88 Å². The smallest absolute Gasteiger partial charge is 0.219 e. The van der Waals surface area contributed by atoms with Gasteiger partial charge in [0.15, 0.2) is 0 Å². The number of halogens is 1. The van der Waals surface area contributed by atoms with E-state index in [1.807, 2.05) is 13.0 Å². The summed E-state index contributed by atoms with van der Waals surface area (Å²) in [6.07, 6.45) is 0. The van der Waals surface area contributed by atoms with Gasteiger partial charge in [-0.15, -0.1) is 0 Å². The molecule has 0 fully saturated rings. The molecule has 0 unspecified atom stereocenters. The summed E-state index contributed by atoms with van der Waals surface area (Å²) in [5.41, 5.74) is 6.54. The molecule has 3 nitrogen and oxygen atoms in total. The van der Waals surface area contributed by atoms with Gasteiger partial charge in [0.25, 0.3) is 0 Å². The standard InChI is InChI=1S/C8H11ClN2O/c1-5(10)6-3-4-7(9)11-8(6)12-2/h3-5H,10H2,1-2H3/t5-/m0/s1. The number of ether oxygens (including phenoxy) is 1. The fraction of sp³-hybridized carbons (Fsp3) is 0.375. The van der Waals surface area contributed by atoms with Crippen molar-refractivity contribution in [2.75, 3.05) is 7.11 Å². The molecule has 0 amide bonds. The predicted octanol–water partition coefficient (Wildman–Crippen LogP) is 1.76. The van der Waals surface area contributed by atoms with E-state index in [9.17, 15) is 0 Å². The number of rotatable bonds is 2. The molecular formula is C8H11ClN2O. The van der Waals surface area contributed by atoms with Crippen LogP contribution < -0.4 is 10.5 Å². The highest BCUT2D eigenvalue weighted by atomic mass is 35.5. The number of nitrogens with two attached hydrogens (primary N) is 1. The first-order valence-corrected chi connectivity index (χ1v) is 3.99. The van der Waals surface area contributed by atoms with Gasteiger partial charge in [-0.2, -0.15) is 0 Å². The number of hydrogen-bond donors (Lipinski definition) is 1. The number of methoxy groups -OCH3 is 1. The Morgan fingerprint density at radius 2 is 2.25 bits per heavy atom. The van der Waals surface area contributed by atoms with Gasteiger partial charge >= 0.3 is 0 Å². The summed E-state index contributed by atoms with van der Waals surface area (Å²) >= 11 is 5.67. The van der Waals surface area contributed by atoms with E-state index in [-0.39, 0.29) is 6.04 Å². The zero-order chi connectivity index (χ0) is 9.14. The van der Waals surface area contributed by atoms with E-state index < -0.39 is 0 Å². The SMILES string of the molecule is COc1nc(Cl)ccc1[C@H](C)N. The van der Waals surface area contributed by atoms with Gasteiger partial charge in [-0.1, -0.05) is 11.6 Å². The van der Waals surface area contributed by atoms with E-state index >= 15 is 0 Å². The lowest BCUT2D eigenvalue weighted by Gasteiger charge is -2.09. The van der Waals surface area contributed by atoms with Crippen LogP contribution in [0.2, 0.25) is 5.15 Å². The molecule has 0 aliphatic heterocycles. The molecule has 4 heteroatoms. The van der Waals surface area contributed by atoms with Gasteiger partial charge < -0.3 is 10.5 Å². The highest BCUT2D eigenvalue weighted by Gasteiger charge is 2.08. The molecule has 12 heavy (non-hydrogen) atoms. The molecule has 1 heterocycles. The third-order valence-corrected chi connectivity index (χ3v) is 1.75. The van der Waals surface area contributed by atoms with Crippen molar-refractivity contribution in [1.29, 1.82) is 0 Å². The maximum absolute atomic E-state index is 5.68. The van der Waals surface area contributed by atoms with Crippen LogP contribution >= 0.6 is 11.6 Å². The molecular weight excluding hydrogens is 176 g/mol. The first kappa shape index (κ1) is 9.29. The highest BCUT2D eigenvalue weighted by molar-refractivity contribution is 6.29. The third kappa shape index (κ3) is 1.87. The largest absolute Gasteiger partial charge is 0.481 e. The second kappa shape index (κ2) is 3.74.